The van der Waals surface area contributed by atoms with Crippen molar-refractivity contribution in [2.24, 2.45) is 0 Å². The van der Waals surface area contributed by atoms with Gasteiger partial charge >= 0.3 is 0 Å². The van der Waals surface area contributed by atoms with E-state index in [4.69, 9.17) is 14.1 Å². The number of hydrogen-bond acceptors (Lipinski definition) is 6. The van der Waals surface area contributed by atoms with E-state index in [1.807, 2.05) is 31.2 Å². The van der Waals surface area contributed by atoms with Gasteiger partial charge in [-0.05, 0) is 43.2 Å². The molecule has 1 fully saturated rings. The molecule has 3 heterocycles. The maximum Gasteiger partial charge on any atom is 0.228 e. The Morgan fingerprint density at radius 2 is 2.03 bits per heavy atom. The highest BCUT2D eigenvalue weighted by Gasteiger charge is 2.16. The molecule has 0 unspecified atom stereocenters. The summed E-state index contributed by atoms with van der Waals surface area (Å²) in [6, 6.07) is 9.96. The zero-order valence-corrected chi connectivity index (χ0v) is 17.8. The number of anilines is 2. The van der Waals surface area contributed by atoms with Gasteiger partial charge in [-0.2, -0.15) is 0 Å². The smallest absolute Gasteiger partial charge is 0.228 e. The Balaban J connectivity index is 1.32. The second kappa shape index (κ2) is 7.74. The number of ether oxygens (including phenoxy) is 1. The summed E-state index contributed by atoms with van der Waals surface area (Å²) >= 11 is 1.65. The molecular weight excluding hydrogens is 398 g/mol. The number of carbonyl (C=O) groups is 1. The molecule has 5 rings (SSSR count). The van der Waals surface area contributed by atoms with E-state index >= 15 is 0 Å². The van der Waals surface area contributed by atoms with Gasteiger partial charge in [0, 0.05) is 29.7 Å². The third-order valence-corrected chi connectivity index (χ3v) is 6.71. The van der Waals surface area contributed by atoms with E-state index in [1.54, 1.807) is 17.6 Å². The molecule has 2 aromatic heterocycles. The number of carbonyl (C=O) groups excluding carboxylic acids is 1. The molecule has 6 nitrogen and oxygen atoms in total. The monoisotopic (exact) mass is 421 g/mol. The molecule has 1 saturated heterocycles. The van der Waals surface area contributed by atoms with Crippen molar-refractivity contribution in [2.45, 2.75) is 20.3 Å². The highest BCUT2D eigenvalue weighted by Crippen LogP contribution is 2.31. The number of fused-ring (bicyclic) bond motifs is 2. The highest BCUT2D eigenvalue weighted by molar-refractivity contribution is 7.22. The lowest BCUT2D eigenvalue weighted by atomic mass is 10.0. The molecule has 1 N–H and O–H groups in total. The summed E-state index contributed by atoms with van der Waals surface area (Å²) < 4.78 is 12.2. The third kappa shape index (κ3) is 3.55. The molecule has 0 radical (unpaired) electrons. The SMILES string of the molecule is Cc1ccc2c(CC(=O)Nc3ccc4nc(N5CCOCC5)sc4c3)coc2c1C. The molecule has 1 aliphatic heterocycles. The summed E-state index contributed by atoms with van der Waals surface area (Å²) in [5.74, 6) is -0.0619. The minimum Gasteiger partial charge on any atom is -0.464 e. The van der Waals surface area contributed by atoms with Crippen molar-refractivity contribution in [3.63, 3.8) is 0 Å². The molecule has 30 heavy (non-hydrogen) atoms. The van der Waals surface area contributed by atoms with Crippen molar-refractivity contribution >= 4 is 49.2 Å². The van der Waals surface area contributed by atoms with Gasteiger partial charge in [0.2, 0.25) is 5.91 Å². The Kier molecular flexibility index (Phi) is 4.92. The van der Waals surface area contributed by atoms with Crippen LogP contribution in [0.5, 0.6) is 0 Å². The molecule has 154 valence electrons. The van der Waals surface area contributed by atoms with E-state index in [-0.39, 0.29) is 12.3 Å². The fraction of sp³-hybridized carbons (Fsp3) is 0.304. The number of rotatable bonds is 4. The van der Waals surface area contributed by atoms with Gasteiger partial charge < -0.3 is 19.4 Å². The van der Waals surface area contributed by atoms with E-state index < -0.39 is 0 Å². The Morgan fingerprint density at radius 3 is 2.87 bits per heavy atom. The molecular formula is C23H23N3O3S. The van der Waals surface area contributed by atoms with Crippen LogP contribution in [-0.4, -0.2) is 37.2 Å². The summed E-state index contributed by atoms with van der Waals surface area (Å²) in [6.07, 6.45) is 1.97. The summed E-state index contributed by atoms with van der Waals surface area (Å²) in [6.45, 7) is 7.30. The first-order valence-electron chi connectivity index (χ1n) is 10.1. The molecule has 0 bridgehead atoms. The summed E-state index contributed by atoms with van der Waals surface area (Å²) in [5.41, 5.74) is 5.79. The first-order valence-corrected chi connectivity index (χ1v) is 10.9. The second-order valence-electron chi connectivity index (χ2n) is 7.65. The minimum atomic E-state index is -0.0619. The van der Waals surface area contributed by atoms with Crippen molar-refractivity contribution in [1.82, 2.24) is 4.98 Å². The number of thiazole rings is 1. The van der Waals surface area contributed by atoms with E-state index in [1.165, 1.54) is 5.56 Å². The van der Waals surface area contributed by atoms with Crippen molar-refractivity contribution < 1.29 is 13.9 Å². The number of furan rings is 1. The standard InChI is InChI=1S/C23H23N3O3S/c1-14-3-5-18-16(13-29-22(18)15(14)2)11-21(27)24-17-4-6-19-20(12-17)30-23(25-19)26-7-9-28-10-8-26/h3-6,12-13H,7-11H2,1-2H3,(H,24,27). The van der Waals surface area contributed by atoms with Crippen LogP contribution >= 0.6 is 11.3 Å². The van der Waals surface area contributed by atoms with Crippen LogP contribution in [0.25, 0.3) is 21.2 Å². The lowest BCUT2D eigenvalue weighted by molar-refractivity contribution is -0.115. The minimum absolute atomic E-state index is 0.0619. The van der Waals surface area contributed by atoms with Crippen LogP contribution in [0.4, 0.5) is 10.8 Å². The van der Waals surface area contributed by atoms with Crippen LogP contribution in [0.3, 0.4) is 0 Å². The normalized spacial score (nSPS) is 14.5. The predicted molar refractivity (Wildman–Crippen MR) is 121 cm³/mol. The second-order valence-corrected chi connectivity index (χ2v) is 8.66. The number of nitrogens with zero attached hydrogens (tertiary/aromatic N) is 2. The number of benzene rings is 2. The summed E-state index contributed by atoms with van der Waals surface area (Å²) in [4.78, 5) is 19.7. The van der Waals surface area contributed by atoms with Crippen molar-refractivity contribution in [3.8, 4) is 0 Å². The van der Waals surface area contributed by atoms with Crippen LogP contribution in [0.1, 0.15) is 16.7 Å². The summed E-state index contributed by atoms with van der Waals surface area (Å²) in [7, 11) is 0. The van der Waals surface area contributed by atoms with Gasteiger partial charge in [-0.25, -0.2) is 4.98 Å². The average Bonchev–Trinajstić information content (AvgIpc) is 3.35. The van der Waals surface area contributed by atoms with Crippen molar-refractivity contribution in [3.05, 3.63) is 53.3 Å². The largest absolute Gasteiger partial charge is 0.464 e. The molecule has 0 spiro atoms. The van der Waals surface area contributed by atoms with Crippen molar-refractivity contribution in [1.29, 1.82) is 0 Å². The third-order valence-electron chi connectivity index (χ3n) is 5.64. The Bertz CT molecular complexity index is 1240. The Hall–Kier alpha value is -2.90. The molecule has 7 heteroatoms. The lowest BCUT2D eigenvalue weighted by Crippen LogP contribution is -2.36. The fourth-order valence-electron chi connectivity index (χ4n) is 3.78. The van der Waals surface area contributed by atoms with E-state index in [9.17, 15) is 4.79 Å². The van der Waals surface area contributed by atoms with Crippen LogP contribution in [0, 0.1) is 13.8 Å². The van der Waals surface area contributed by atoms with Gasteiger partial charge in [-0.1, -0.05) is 23.5 Å². The quantitative estimate of drug-likeness (QED) is 0.518. The maximum atomic E-state index is 12.7. The molecule has 0 aliphatic carbocycles. The highest BCUT2D eigenvalue weighted by atomic mass is 32.1. The zero-order valence-electron chi connectivity index (χ0n) is 17.0. The molecule has 2 aromatic carbocycles. The van der Waals surface area contributed by atoms with Gasteiger partial charge in [0.05, 0.1) is 36.1 Å². The Labute approximate surface area is 178 Å². The molecule has 0 atom stereocenters. The van der Waals surface area contributed by atoms with Gasteiger partial charge in [-0.3, -0.25) is 4.79 Å². The fourth-order valence-corrected chi connectivity index (χ4v) is 4.84. The number of morpholine rings is 1. The number of hydrogen-bond donors (Lipinski definition) is 1. The molecule has 0 saturated carbocycles. The number of nitrogens with one attached hydrogen (secondary N) is 1. The van der Waals surface area contributed by atoms with Gasteiger partial charge in [0.1, 0.15) is 5.58 Å². The van der Waals surface area contributed by atoms with Gasteiger partial charge in [-0.15, -0.1) is 0 Å². The first kappa shape index (κ1) is 19.1. The van der Waals surface area contributed by atoms with Crippen LogP contribution < -0.4 is 10.2 Å². The summed E-state index contributed by atoms with van der Waals surface area (Å²) in [5, 5.41) is 5.02. The Morgan fingerprint density at radius 1 is 1.20 bits per heavy atom. The van der Waals surface area contributed by atoms with Crippen LogP contribution in [0.2, 0.25) is 0 Å². The first-order chi connectivity index (χ1) is 14.6. The number of aryl methyl sites for hydroxylation is 2. The van der Waals surface area contributed by atoms with Crippen molar-refractivity contribution in [2.75, 3.05) is 36.5 Å². The lowest BCUT2D eigenvalue weighted by Gasteiger charge is -2.25. The van der Waals surface area contributed by atoms with Gasteiger partial charge in [0.25, 0.3) is 0 Å². The maximum absolute atomic E-state index is 12.7. The van der Waals surface area contributed by atoms with E-state index in [0.29, 0.717) is 0 Å². The topological polar surface area (TPSA) is 67.6 Å². The van der Waals surface area contributed by atoms with Crippen LogP contribution in [-0.2, 0) is 16.0 Å². The van der Waals surface area contributed by atoms with E-state index in [2.05, 4.69) is 23.2 Å². The molecule has 1 aliphatic rings. The van der Waals surface area contributed by atoms with Gasteiger partial charge in [0.15, 0.2) is 5.13 Å². The zero-order chi connectivity index (χ0) is 20.7. The number of amides is 1. The average molecular weight is 422 g/mol. The predicted octanol–water partition coefficient (Wildman–Crippen LogP) is 4.68. The molecule has 1 amide bonds. The van der Waals surface area contributed by atoms with E-state index in [0.717, 1.165) is 69.4 Å². The number of aromatic nitrogens is 1. The molecule has 4 aromatic rings. The van der Waals surface area contributed by atoms with Crippen LogP contribution in [0.15, 0.2) is 41.0 Å².